The van der Waals surface area contributed by atoms with Crippen LogP contribution < -0.4 is 5.32 Å². The second kappa shape index (κ2) is 5.50. The lowest BCUT2D eigenvalue weighted by Crippen LogP contribution is -2.67. The Bertz CT molecular complexity index is 261. The van der Waals surface area contributed by atoms with E-state index in [4.69, 9.17) is 0 Å². The third-order valence-corrected chi connectivity index (χ3v) is 4.94. The third-order valence-electron chi connectivity index (χ3n) is 4.94. The summed E-state index contributed by atoms with van der Waals surface area (Å²) in [5.74, 6) is 0. The zero-order valence-corrected chi connectivity index (χ0v) is 12.9. The standard InChI is InChI=1S/C16H32N2/c1-5-11-18-13-16(9-7-6-8-10-16)17-12-14(18)15(2,3)4/h14,17H,5-13H2,1-4H3. The van der Waals surface area contributed by atoms with Crippen molar-refractivity contribution in [3.63, 3.8) is 0 Å². The fourth-order valence-electron chi connectivity index (χ4n) is 3.94. The van der Waals surface area contributed by atoms with Gasteiger partial charge >= 0.3 is 0 Å². The van der Waals surface area contributed by atoms with Crippen molar-refractivity contribution in [2.24, 2.45) is 5.41 Å². The molecule has 0 bridgehead atoms. The van der Waals surface area contributed by atoms with E-state index in [9.17, 15) is 0 Å². The molecule has 106 valence electrons. The predicted octanol–water partition coefficient (Wildman–Crippen LogP) is 3.42. The first-order valence-electron chi connectivity index (χ1n) is 7.96. The molecular formula is C16H32N2. The van der Waals surface area contributed by atoms with Crippen LogP contribution in [0.3, 0.4) is 0 Å². The maximum Gasteiger partial charge on any atom is 0.0309 e. The molecule has 2 fully saturated rings. The van der Waals surface area contributed by atoms with Gasteiger partial charge in [0.05, 0.1) is 0 Å². The lowest BCUT2D eigenvalue weighted by atomic mass is 9.76. The first-order valence-corrected chi connectivity index (χ1v) is 7.96. The topological polar surface area (TPSA) is 15.3 Å². The zero-order valence-electron chi connectivity index (χ0n) is 12.9. The van der Waals surface area contributed by atoms with Gasteiger partial charge in [0.25, 0.3) is 0 Å². The van der Waals surface area contributed by atoms with Crippen LogP contribution in [0.2, 0.25) is 0 Å². The maximum absolute atomic E-state index is 3.94. The van der Waals surface area contributed by atoms with Gasteiger partial charge in [-0.15, -0.1) is 0 Å². The van der Waals surface area contributed by atoms with Crippen molar-refractivity contribution in [3.8, 4) is 0 Å². The van der Waals surface area contributed by atoms with E-state index in [1.807, 2.05) is 0 Å². The molecule has 1 saturated carbocycles. The van der Waals surface area contributed by atoms with E-state index in [-0.39, 0.29) is 0 Å². The highest BCUT2D eigenvalue weighted by molar-refractivity contribution is 5.02. The Labute approximate surface area is 114 Å². The van der Waals surface area contributed by atoms with Crippen LogP contribution in [0.4, 0.5) is 0 Å². The Balaban J connectivity index is 2.07. The Morgan fingerprint density at radius 3 is 2.39 bits per heavy atom. The highest BCUT2D eigenvalue weighted by atomic mass is 15.3. The quantitative estimate of drug-likeness (QED) is 0.810. The summed E-state index contributed by atoms with van der Waals surface area (Å²) in [7, 11) is 0. The van der Waals surface area contributed by atoms with Gasteiger partial charge in [-0.1, -0.05) is 47.0 Å². The molecule has 18 heavy (non-hydrogen) atoms. The molecule has 1 atom stereocenters. The summed E-state index contributed by atoms with van der Waals surface area (Å²) in [4.78, 5) is 2.78. The van der Waals surface area contributed by atoms with E-state index in [1.54, 1.807) is 0 Å². The van der Waals surface area contributed by atoms with Crippen molar-refractivity contribution in [1.29, 1.82) is 0 Å². The largest absolute Gasteiger partial charge is 0.308 e. The number of nitrogens with one attached hydrogen (secondary N) is 1. The molecule has 1 aliphatic carbocycles. The lowest BCUT2D eigenvalue weighted by Gasteiger charge is -2.53. The average molecular weight is 252 g/mol. The molecule has 0 amide bonds. The highest BCUT2D eigenvalue weighted by Crippen LogP contribution is 2.35. The van der Waals surface area contributed by atoms with Gasteiger partial charge in [-0.25, -0.2) is 0 Å². The van der Waals surface area contributed by atoms with Gasteiger partial charge in [0.2, 0.25) is 0 Å². The van der Waals surface area contributed by atoms with Crippen molar-refractivity contribution < 1.29 is 0 Å². The average Bonchev–Trinajstić information content (AvgIpc) is 2.29. The summed E-state index contributed by atoms with van der Waals surface area (Å²) in [6, 6.07) is 0.699. The van der Waals surface area contributed by atoms with Gasteiger partial charge in [0, 0.05) is 24.7 Å². The van der Waals surface area contributed by atoms with E-state index in [0.29, 0.717) is 17.0 Å². The molecule has 1 spiro atoms. The summed E-state index contributed by atoms with van der Waals surface area (Å²) in [5, 5.41) is 3.94. The number of piperazine rings is 1. The number of hydrogen-bond acceptors (Lipinski definition) is 2. The highest BCUT2D eigenvalue weighted by Gasteiger charge is 2.42. The second-order valence-corrected chi connectivity index (χ2v) is 7.57. The van der Waals surface area contributed by atoms with E-state index in [1.165, 1.54) is 58.2 Å². The summed E-state index contributed by atoms with van der Waals surface area (Å²) < 4.78 is 0. The summed E-state index contributed by atoms with van der Waals surface area (Å²) >= 11 is 0. The monoisotopic (exact) mass is 252 g/mol. The molecule has 1 aliphatic heterocycles. The summed E-state index contributed by atoms with van der Waals surface area (Å²) in [6.07, 6.45) is 8.36. The van der Waals surface area contributed by atoms with Crippen LogP contribution in [0.1, 0.15) is 66.2 Å². The molecule has 1 unspecified atom stereocenters. The van der Waals surface area contributed by atoms with Crippen LogP contribution in [-0.2, 0) is 0 Å². The predicted molar refractivity (Wildman–Crippen MR) is 78.9 cm³/mol. The van der Waals surface area contributed by atoms with Crippen LogP contribution in [0, 0.1) is 5.41 Å². The Kier molecular flexibility index (Phi) is 4.38. The van der Waals surface area contributed by atoms with Crippen LogP contribution in [0.5, 0.6) is 0 Å². The molecule has 1 heterocycles. The van der Waals surface area contributed by atoms with Crippen LogP contribution in [0.15, 0.2) is 0 Å². The SMILES string of the molecule is CCCN1CC2(CCCCC2)NCC1C(C)(C)C. The fraction of sp³-hybridized carbons (Fsp3) is 1.00. The van der Waals surface area contributed by atoms with Crippen molar-refractivity contribution in [2.45, 2.75) is 77.8 Å². The molecule has 2 heteroatoms. The minimum absolute atomic E-state index is 0.387. The van der Waals surface area contributed by atoms with Crippen molar-refractivity contribution in [2.75, 3.05) is 19.6 Å². The Hall–Kier alpha value is -0.0800. The molecule has 0 aromatic heterocycles. The summed E-state index contributed by atoms with van der Waals surface area (Å²) in [6.45, 7) is 13.2. The third kappa shape index (κ3) is 3.08. The minimum atomic E-state index is 0.387. The normalized spacial score (nSPS) is 29.7. The molecule has 1 saturated heterocycles. The van der Waals surface area contributed by atoms with Crippen molar-refractivity contribution in [1.82, 2.24) is 10.2 Å². The Morgan fingerprint density at radius 2 is 1.83 bits per heavy atom. The zero-order chi connectivity index (χ0) is 13.2. The lowest BCUT2D eigenvalue weighted by molar-refractivity contribution is 0.00865. The van der Waals surface area contributed by atoms with Gasteiger partial charge in [0.1, 0.15) is 0 Å². The molecular weight excluding hydrogens is 220 g/mol. The van der Waals surface area contributed by atoms with E-state index in [2.05, 4.69) is 37.9 Å². The summed E-state index contributed by atoms with van der Waals surface area (Å²) in [5.41, 5.74) is 0.841. The van der Waals surface area contributed by atoms with Crippen LogP contribution >= 0.6 is 0 Å². The molecule has 2 rings (SSSR count). The fourth-order valence-corrected chi connectivity index (χ4v) is 3.94. The van der Waals surface area contributed by atoms with Crippen molar-refractivity contribution in [3.05, 3.63) is 0 Å². The van der Waals surface area contributed by atoms with Gasteiger partial charge in [-0.2, -0.15) is 0 Å². The van der Waals surface area contributed by atoms with E-state index < -0.39 is 0 Å². The van der Waals surface area contributed by atoms with E-state index >= 15 is 0 Å². The molecule has 0 aromatic carbocycles. The van der Waals surface area contributed by atoms with Crippen molar-refractivity contribution >= 4 is 0 Å². The minimum Gasteiger partial charge on any atom is -0.308 e. The number of nitrogens with zero attached hydrogens (tertiary/aromatic N) is 1. The Morgan fingerprint density at radius 1 is 1.17 bits per heavy atom. The van der Waals surface area contributed by atoms with Crippen LogP contribution in [-0.4, -0.2) is 36.1 Å². The van der Waals surface area contributed by atoms with Gasteiger partial charge in [0.15, 0.2) is 0 Å². The first-order chi connectivity index (χ1) is 8.47. The maximum atomic E-state index is 3.94. The van der Waals surface area contributed by atoms with Crippen LogP contribution in [0.25, 0.3) is 0 Å². The van der Waals surface area contributed by atoms with Gasteiger partial charge in [-0.3, -0.25) is 4.90 Å². The first kappa shape index (κ1) is 14.3. The van der Waals surface area contributed by atoms with Gasteiger partial charge in [-0.05, 0) is 31.2 Å². The molecule has 2 nitrogen and oxygen atoms in total. The van der Waals surface area contributed by atoms with E-state index in [0.717, 1.165) is 0 Å². The second-order valence-electron chi connectivity index (χ2n) is 7.57. The molecule has 0 radical (unpaired) electrons. The smallest absolute Gasteiger partial charge is 0.0309 e. The number of rotatable bonds is 2. The number of hydrogen-bond donors (Lipinski definition) is 1. The molecule has 2 aliphatic rings. The van der Waals surface area contributed by atoms with Gasteiger partial charge < -0.3 is 5.32 Å². The molecule has 1 N–H and O–H groups in total. The molecule has 0 aromatic rings.